The first-order valence-corrected chi connectivity index (χ1v) is 8.87. The van der Waals surface area contributed by atoms with Gasteiger partial charge in [0.15, 0.2) is 0 Å². The van der Waals surface area contributed by atoms with E-state index in [1.165, 1.54) is 0 Å². The zero-order chi connectivity index (χ0) is 13.9. The molecule has 0 aliphatic heterocycles. The van der Waals surface area contributed by atoms with Crippen LogP contribution in [0.1, 0.15) is 19.3 Å². The third kappa shape index (κ3) is 4.79. The summed E-state index contributed by atoms with van der Waals surface area (Å²) in [4.78, 5) is 29.2. The highest BCUT2D eigenvalue weighted by Crippen LogP contribution is 2.69. The van der Waals surface area contributed by atoms with E-state index >= 15 is 0 Å². The fourth-order valence-electron chi connectivity index (χ4n) is 1.38. The number of rotatable bonds is 7. The van der Waals surface area contributed by atoms with E-state index < -0.39 is 26.5 Å². The van der Waals surface area contributed by atoms with Gasteiger partial charge < -0.3 is 24.7 Å². The number of nitrogens with zero attached hydrogens (tertiary/aromatic N) is 1. The molecule has 2 unspecified atom stereocenters. The minimum absolute atomic E-state index is 0.262. The average molecular weight is 289 g/mol. The van der Waals surface area contributed by atoms with Crippen molar-refractivity contribution in [3.8, 4) is 0 Å². The Morgan fingerprint density at radius 1 is 1.12 bits per heavy atom. The molecule has 0 aliphatic carbocycles. The Bertz CT molecular complexity index is 311. The second-order valence-corrected chi connectivity index (χ2v) is 9.14. The molecule has 0 bridgehead atoms. The second kappa shape index (κ2) is 5.93. The van der Waals surface area contributed by atoms with Gasteiger partial charge in [-0.05, 0) is 39.9 Å². The van der Waals surface area contributed by atoms with Crippen LogP contribution in [0.15, 0.2) is 0 Å². The van der Waals surface area contributed by atoms with Gasteiger partial charge in [0.1, 0.15) is 0 Å². The van der Waals surface area contributed by atoms with Gasteiger partial charge in [0.25, 0.3) is 0 Å². The predicted molar refractivity (Wildman–Crippen MR) is 65.1 cm³/mol. The first-order chi connectivity index (χ1) is 7.42. The molecule has 0 saturated heterocycles. The van der Waals surface area contributed by atoms with Crippen LogP contribution in [0.5, 0.6) is 0 Å². The van der Waals surface area contributed by atoms with Crippen LogP contribution >= 0.6 is 15.0 Å². The molecule has 7 nitrogen and oxygen atoms in total. The molecule has 4 N–H and O–H groups in total. The zero-order valence-electron chi connectivity index (χ0n) is 10.3. The minimum atomic E-state index is -5.04. The second-order valence-electron chi connectivity index (χ2n) is 4.46. The topological polar surface area (TPSA) is 118 Å². The molecule has 0 amide bonds. The Kier molecular flexibility index (Phi) is 6.02. The highest BCUT2D eigenvalue weighted by atomic mass is 31.2. The van der Waals surface area contributed by atoms with Crippen molar-refractivity contribution in [2.75, 3.05) is 27.3 Å². The number of hydrogen-bond acceptors (Lipinski definition) is 4. The Morgan fingerprint density at radius 3 is 1.88 bits per heavy atom. The van der Waals surface area contributed by atoms with E-state index in [0.717, 1.165) is 6.66 Å². The third-order valence-corrected chi connectivity index (χ3v) is 7.10. The highest BCUT2D eigenvalue weighted by Gasteiger charge is 2.55. The summed E-state index contributed by atoms with van der Waals surface area (Å²) in [5.74, 6) is 0. The van der Waals surface area contributed by atoms with E-state index in [1.54, 1.807) is 0 Å². The summed E-state index contributed by atoms with van der Waals surface area (Å²) in [6.45, 7) is 1.44. The van der Waals surface area contributed by atoms with Gasteiger partial charge in [-0.15, -0.1) is 0 Å². The lowest BCUT2D eigenvalue weighted by Gasteiger charge is -2.31. The molecule has 0 aromatic rings. The van der Waals surface area contributed by atoms with Crippen LogP contribution in [-0.2, 0) is 9.13 Å². The van der Waals surface area contributed by atoms with Crippen molar-refractivity contribution in [2.45, 2.75) is 24.3 Å². The molecule has 0 aliphatic rings. The van der Waals surface area contributed by atoms with Crippen LogP contribution in [0, 0.1) is 0 Å². The lowest BCUT2D eigenvalue weighted by atomic mass is 10.2. The maximum Gasteiger partial charge on any atom is 0.366 e. The first-order valence-electron chi connectivity index (χ1n) is 5.15. The van der Waals surface area contributed by atoms with Crippen LogP contribution < -0.4 is 0 Å². The number of aliphatic hydroxyl groups is 1. The van der Waals surface area contributed by atoms with E-state index in [1.807, 2.05) is 19.0 Å². The van der Waals surface area contributed by atoms with E-state index in [0.29, 0.717) is 13.0 Å². The zero-order valence-corrected chi connectivity index (χ0v) is 12.1. The Morgan fingerprint density at radius 2 is 1.59 bits per heavy atom. The molecule has 0 spiro atoms. The van der Waals surface area contributed by atoms with Gasteiger partial charge in [0.2, 0.25) is 12.5 Å². The van der Waals surface area contributed by atoms with Crippen LogP contribution in [-0.4, -0.2) is 57.1 Å². The summed E-state index contributed by atoms with van der Waals surface area (Å²) < 4.78 is 22.5. The van der Waals surface area contributed by atoms with E-state index in [2.05, 4.69) is 0 Å². The molecule has 17 heavy (non-hydrogen) atoms. The Hall–Kier alpha value is 0.260. The fourth-order valence-corrected chi connectivity index (χ4v) is 4.34. The summed E-state index contributed by atoms with van der Waals surface area (Å²) in [7, 11) is -5.66. The highest BCUT2D eigenvalue weighted by molar-refractivity contribution is 7.74. The number of unbranched alkanes of at least 4 members (excludes halogenated alkanes) is 1. The van der Waals surface area contributed by atoms with E-state index in [4.69, 9.17) is 9.79 Å². The van der Waals surface area contributed by atoms with Crippen molar-refractivity contribution in [1.82, 2.24) is 4.90 Å². The SMILES string of the molecule is CN(C)CCCCC(O)(P(C)(=O)O)P(=O)(O)O. The van der Waals surface area contributed by atoms with Gasteiger partial charge >= 0.3 is 7.60 Å². The molecule has 0 saturated carbocycles. The lowest BCUT2D eigenvalue weighted by molar-refractivity contribution is 0.137. The molecule has 0 rings (SSSR count). The van der Waals surface area contributed by atoms with Crippen molar-refractivity contribution in [3.63, 3.8) is 0 Å². The van der Waals surface area contributed by atoms with E-state index in [-0.39, 0.29) is 6.42 Å². The van der Waals surface area contributed by atoms with Gasteiger partial charge in [0.05, 0.1) is 0 Å². The van der Waals surface area contributed by atoms with Crippen LogP contribution in [0.3, 0.4) is 0 Å². The van der Waals surface area contributed by atoms with Crippen LogP contribution in [0.25, 0.3) is 0 Å². The van der Waals surface area contributed by atoms with E-state index in [9.17, 15) is 19.1 Å². The molecule has 104 valence electrons. The molecule has 0 radical (unpaired) electrons. The summed E-state index contributed by atoms with van der Waals surface area (Å²) in [5, 5.41) is 6.93. The van der Waals surface area contributed by atoms with Crippen LogP contribution in [0.2, 0.25) is 0 Å². The molecule has 0 heterocycles. The monoisotopic (exact) mass is 289 g/mol. The van der Waals surface area contributed by atoms with Crippen LogP contribution in [0.4, 0.5) is 0 Å². The normalized spacial score (nSPS) is 20.0. The summed E-state index contributed by atoms with van der Waals surface area (Å²) >= 11 is 0. The average Bonchev–Trinajstić information content (AvgIpc) is 2.07. The standard InChI is InChI=1S/C8H21NO6P2/c1-9(2)7-5-4-6-8(10,16(3,11)12)17(13,14)15/h10H,4-7H2,1-3H3,(H,11,12)(H2,13,14,15). The largest absolute Gasteiger partial charge is 0.369 e. The van der Waals surface area contributed by atoms with Gasteiger partial charge in [-0.2, -0.15) is 0 Å². The molecular formula is C8H21NO6P2. The fraction of sp³-hybridized carbons (Fsp3) is 1.00. The summed E-state index contributed by atoms with van der Waals surface area (Å²) in [5.41, 5.74) is 0. The van der Waals surface area contributed by atoms with Gasteiger partial charge in [0, 0.05) is 6.66 Å². The van der Waals surface area contributed by atoms with Gasteiger partial charge in [-0.1, -0.05) is 0 Å². The molecule has 0 aromatic carbocycles. The third-order valence-electron chi connectivity index (χ3n) is 2.50. The maximum absolute atomic E-state index is 11.4. The van der Waals surface area contributed by atoms with Crippen molar-refractivity contribution in [3.05, 3.63) is 0 Å². The first kappa shape index (κ1) is 17.3. The summed E-state index contributed by atoms with van der Waals surface area (Å²) in [6, 6.07) is 0. The van der Waals surface area contributed by atoms with Crippen molar-refractivity contribution < 1.29 is 28.9 Å². The molecule has 9 heteroatoms. The smallest absolute Gasteiger partial charge is 0.366 e. The van der Waals surface area contributed by atoms with Crippen molar-refractivity contribution in [1.29, 1.82) is 0 Å². The Balaban J connectivity index is 4.66. The molecule has 0 fully saturated rings. The van der Waals surface area contributed by atoms with Crippen molar-refractivity contribution in [2.24, 2.45) is 0 Å². The van der Waals surface area contributed by atoms with Gasteiger partial charge in [-0.3, -0.25) is 9.13 Å². The molecule has 2 atom stereocenters. The molecule has 0 aromatic heterocycles. The summed E-state index contributed by atoms with van der Waals surface area (Å²) in [6.07, 6.45) is 0.447. The molecular weight excluding hydrogens is 268 g/mol. The number of hydrogen-bond donors (Lipinski definition) is 4. The Labute approximate surface area is 101 Å². The lowest BCUT2D eigenvalue weighted by Crippen LogP contribution is -2.28. The minimum Gasteiger partial charge on any atom is -0.369 e. The van der Waals surface area contributed by atoms with Crippen molar-refractivity contribution >= 4 is 15.0 Å². The maximum atomic E-state index is 11.4. The quantitative estimate of drug-likeness (QED) is 0.396. The van der Waals surface area contributed by atoms with Gasteiger partial charge in [-0.25, -0.2) is 0 Å². The predicted octanol–water partition coefficient (Wildman–Crippen LogP) is 0.442.